The van der Waals surface area contributed by atoms with Crippen LogP contribution in [0.15, 0.2) is 47.4 Å². The van der Waals surface area contributed by atoms with Crippen LogP contribution in [-0.2, 0) is 19.5 Å². The Balaban J connectivity index is 1.58. The van der Waals surface area contributed by atoms with Gasteiger partial charge in [-0.25, -0.2) is 13.2 Å². The molecule has 0 amide bonds. The molecule has 0 spiro atoms. The fourth-order valence-electron chi connectivity index (χ4n) is 2.68. The number of rotatable bonds is 7. The van der Waals surface area contributed by atoms with Crippen molar-refractivity contribution in [3.8, 4) is 5.75 Å². The van der Waals surface area contributed by atoms with E-state index in [0.29, 0.717) is 29.0 Å². The second-order valence-corrected chi connectivity index (χ2v) is 8.88. The van der Waals surface area contributed by atoms with Gasteiger partial charge in [0, 0.05) is 18.1 Å². The smallest absolute Gasteiger partial charge is 0.338 e. The molecule has 0 atom stereocenters. The number of benzene rings is 2. The summed E-state index contributed by atoms with van der Waals surface area (Å²) in [7, 11) is -3.69. The second-order valence-electron chi connectivity index (χ2n) is 6.10. The summed E-state index contributed by atoms with van der Waals surface area (Å²) in [6.07, 6.45) is 0. The van der Waals surface area contributed by atoms with Crippen LogP contribution in [0, 0.1) is 0 Å². The van der Waals surface area contributed by atoms with Crippen molar-refractivity contribution in [2.24, 2.45) is 0 Å². The highest BCUT2D eigenvalue weighted by Gasteiger charge is 2.27. The molecule has 1 saturated heterocycles. The molecule has 1 aliphatic heterocycles. The number of ether oxygens (including phenoxy) is 3. The van der Waals surface area contributed by atoms with Gasteiger partial charge in [0.15, 0.2) is 0 Å². The first-order valence-electron chi connectivity index (χ1n) is 8.81. The first-order chi connectivity index (χ1) is 13.9. The highest BCUT2D eigenvalue weighted by Crippen LogP contribution is 2.27. The van der Waals surface area contributed by atoms with Gasteiger partial charge in [-0.2, -0.15) is 4.31 Å². The lowest BCUT2D eigenvalue weighted by Crippen LogP contribution is -2.40. The molecule has 0 N–H and O–H groups in total. The molecule has 0 radical (unpaired) electrons. The SMILES string of the molecule is O=C(OCCOc1ccc(Cl)cc1Cl)c1cccc(S(=O)(=O)N2CCOCC2)c1. The third-order valence-electron chi connectivity index (χ3n) is 4.15. The van der Waals surface area contributed by atoms with E-state index in [9.17, 15) is 13.2 Å². The second kappa shape index (κ2) is 9.77. The van der Waals surface area contributed by atoms with Crippen molar-refractivity contribution in [1.29, 1.82) is 0 Å². The average molecular weight is 460 g/mol. The molecular formula is C19H19Cl2NO6S. The predicted octanol–water partition coefficient (Wildman–Crippen LogP) is 3.25. The number of esters is 1. The van der Waals surface area contributed by atoms with Crippen LogP contribution in [0.25, 0.3) is 0 Å². The van der Waals surface area contributed by atoms with E-state index >= 15 is 0 Å². The molecule has 10 heteroatoms. The first kappa shape index (κ1) is 21.9. The molecule has 2 aromatic rings. The zero-order valence-electron chi connectivity index (χ0n) is 15.3. The maximum atomic E-state index is 12.7. The summed E-state index contributed by atoms with van der Waals surface area (Å²) in [5.74, 6) is -0.222. The summed E-state index contributed by atoms with van der Waals surface area (Å²) in [6, 6.07) is 10.6. The van der Waals surface area contributed by atoms with Gasteiger partial charge in [0.05, 0.1) is 28.7 Å². The first-order valence-corrected chi connectivity index (χ1v) is 11.0. The van der Waals surface area contributed by atoms with Crippen LogP contribution >= 0.6 is 23.2 Å². The predicted molar refractivity (Wildman–Crippen MR) is 108 cm³/mol. The van der Waals surface area contributed by atoms with Crippen molar-refractivity contribution in [2.45, 2.75) is 4.90 Å². The summed E-state index contributed by atoms with van der Waals surface area (Å²) >= 11 is 11.8. The van der Waals surface area contributed by atoms with Crippen LogP contribution in [0.4, 0.5) is 0 Å². The van der Waals surface area contributed by atoms with Gasteiger partial charge in [0.2, 0.25) is 10.0 Å². The van der Waals surface area contributed by atoms with E-state index in [0.717, 1.165) is 0 Å². The van der Waals surface area contributed by atoms with Crippen molar-refractivity contribution in [1.82, 2.24) is 4.31 Å². The lowest BCUT2D eigenvalue weighted by Gasteiger charge is -2.26. The third kappa shape index (κ3) is 5.61. The van der Waals surface area contributed by atoms with E-state index < -0.39 is 16.0 Å². The van der Waals surface area contributed by atoms with E-state index in [1.165, 1.54) is 28.6 Å². The summed E-state index contributed by atoms with van der Waals surface area (Å²) < 4.78 is 42.6. The van der Waals surface area contributed by atoms with Crippen LogP contribution < -0.4 is 4.74 Å². The van der Waals surface area contributed by atoms with Crippen LogP contribution in [0.5, 0.6) is 5.75 Å². The summed E-state index contributed by atoms with van der Waals surface area (Å²) in [5.41, 5.74) is 0.142. The minimum absolute atomic E-state index is 0.0295. The number of hydrogen-bond donors (Lipinski definition) is 0. The van der Waals surface area contributed by atoms with Crippen molar-refractivity contribution in [3.05, 3.63) is 58.1 Å². The zero-order valence-corrected chi connectivity index (χ0v) is 17.7. The zero-order chi connectivity index (χ0) is 20.9. The number of morpholine rings is 1. The van der Waals surface area contributed by atoms with Crippen LogP contribution in [-0.4, -0.2) is 58.2 Å². The van der Waals surface area contributed by atoms with Crippen LogP contribution in [0.3, 0.4) is 0 Å². The molecule has 1 fully saturated rings. The fourth-order valence-corrected chi connectivity index (χ4v) is 4.60. The van der Waals surface area contributed by atoms with Crippen molar-refractivity contribution < 1.29 is 27.4 Å². The molecule has 0 bridgehead atoms. The largest absolute Gasteiger partial charge is 0.488 e. The Labute approximate surface area is 179 Å². The van der Waals surface area contributed by atoms with E-state index in [-0.39, 0.29) is 36.8 Å². The normalized spacial score (nSPS) is 15.1. The van der Waals surface area contributed by atoms with Gasteiger partial charge < -0.3 is 14.2 Å². The highest BCUT2D eigenvalue weighted by atomic mass is 35.5. The Hall–Kier alpha value is -1.84. The number of hydrogen-bond acceptors (Lipinski definition) is 6. The highest BCUT2D eigenvalue weighted by molar-refractivity contribution is 7.89. The number of halogens is 2. The lowest BCUT2D eigenvalue weighted by atomic mass is 10.2. The van der Waals surface area contributed by atoms with Gasteiger partial charge in [0.25, 0.3) is 0 Å². The Morgan fingerprint density at radius 3 is 2.55 bits per heavy atom. The van der Waals surface area contributed by atoms with Gasteiger partial charge in [-0.3, -0.25) is 0 Å². The van der Waals surface area contributed by atoms with Gasteiger partial charge >= 0.3 is 5.97 Å². The standard InChI is InChI=1S/C19H19Cl2NO6S/c20-15-4-5-18(17(21)13-15)27-10-11-28-19(23)14-2-1-3-16(12-14)29(24,25)22-6-8-26-9-7-22/h1-5,12-13H,6-11H2. The average Bonchev–Trinajstić information content (AvgIpc) is 2.73. The minimum Gasteiger partial charge on any atom is -0.488 e. The molecule has 7 nitrogen and oxygen atoms in total. The van der Waals surface area contributed by atoms with Gasteiger partial charge in [-0.05, 0) is 36.4 Å². The molecule has 2 aromatic carbocycles. The van der Waals surface area contributed by atoms with Gasteiger partial charge in [0.1, 0.15) is 19.0 Å². The van der Waals surface area contributed by atoms with E-state index in [4.69, 9.17) is 37.4 Å². The number of carbonyl (C=O) groups is 1. The Morgan fingerprint density at radius 2 is 1.83 bits per heavy atom. The van der Waals surface area contributed by atoms with Crippen molar-refractivity contribution >= 4 is 39.2 Å². The fraction of sp³-hybridized carbons (Fsp3) is 0.316. The number of nitrogens with zero attached hydrogens (tertiary/aromatic N) is 1. The molecule has 1 heterocycles. The van der Waals surface area contributed by atoms with Crippen molar-refractivity contribution in [3.63, 3.8) is 0 Å². The monoisotopic (exact) mass is 459 g/mol. The maximum Gasteiger partial charge on any atom is 0.338 e. The van der Waals surface area contributed by atoms with Crippen LogP contribution in [0.1, 0.15) is 10.4 Å². The third-order valence-corrected chi connectivity index (χ3v) is 6.57. The molecule has 0 unspecified atom stereocenters. The molecule has 3 rings (SSSR count). The quantitative estimate of drug-likeness (QED) is 0.466. The molecule has 1 aliphatic rings. The van der Waals surface area contributed by atoms with Crippen LogP contribution in [0.2, 0.25) is 10.0 Å². The Morgan fingerprint density at radius 1 is 1.07 bits per heavy atom. The summed E-state index contributed by atoms with van der Waals surface area (Å²) in [6.45, 7) is 1.30. The summed E-state index contributed by atoms with van der Waals surface area (Å²) in [4.78, 5) is 12.3. The molecule has 0 saturated carbocycles. The lowest BCUT2D eigenvalue weighted by molar-refractivity contribution is 0.0450. The molecule has 29 heavy (non-hydrogen) atoms. The summed E-state index contributed by atoms with van der Waals surface area (Å²) in [5, 5.41) is 0.838. The molecule has 156 valence electrons. The van der Waals surface area contributed by atoms with Gasteiger partial charge in [-0.15, -0.1) is 0 Å². The molecule has 0 aliphatic carbocycles. The Bertz CT molecular complexity index is 976. The topological polar surface area (TPSA) is 82.1 Å². The molecule has 0 aromatic heterocycles. The number of carbonyl (C=O) groups excluding carboxylic acids is 1. The van der Waals surface area contributed by atoms with E-state index in [1.807, 2.05) is 0 Å². The van der Waals surface area contributed by atoms with E-state index in [1.54, 1.807) is 18.2 Å². The maximum absolute atomic E-state index is 12.7. The Kier molecular flexibility index (Phi) is 7.37. The van der Waals surface area contributed by atoms with E-state index in [2.05, 4.69) is 0 Å². The van der Waals surface area contributed by atoms with Gasteiger partial charge in [-0.1, -0.05) is 29.3 Å². The minimum atomic E-state index is -3.69. The van der Waals surface area contributed by atoms with Crippen molar-refractivity contribution in [2.75, 3.05) is 39.5 Å². The number of sulfonamides is 1. The molecular weight excluding hydrogens is 441 g/mol.